The summed E-state index contributed by atoms with van der Waals surface area (Å²) in [5.74, 6) is 0. The molecule has 1 N–H and O–H groups in total. The molecule has 0 aliphatic carbocycles. The van der Waals surface area contributed by atoms with E-state index < -0.39 is 0 Å². The summed E-state index contributed by atoms with van der Waals surface area (Å²) >= 11 is 0. The monoisotopic (exact) mass is 611 g/mol. The van der Waals surface area contributed by atoms with Gasteiger partial charge in [-0.3, -0.25) is 4.90 Å². The largest absolute Gasteiger partial charge is 0.329 e. The lowest BCUT2D eigenvalue weighted by molar-refractivity contribution is 0.0880. The Labute approximate surface area is 271 Å². The average molecular weight is 612 g/mol. The van der Waals surface area contributed by atoms with E-state index in [1.807, 2.05) is 81.4 Å². The minimum Gasteiger partial charge on any atom is -0.325 e. The molecule has 7 heteroatoms. The summed E-state index contributed by atoms with van der Waals surface area (Å²) in [4.78, 5) is 36.3. The first-order valence-electron chi connectivity index (χ1n) is 17.1. The van der Waals surface area contributed by atoms with E-state index in [0.29, 0.717) is 19.6 Å². The lowest BCUT2D eigenvalue weighted by Crippen LogP contribution is -2.61. The highest BCUT2D eigenvalue weighted by atomic mass is 16.2. The van der Waals surface area contributed by atoms with Crippen LogP contribution in [0.15, 0.2) is 91.0 Å². The van der Waals surface area contributed by atoms with Crippen LogP contribution in [0.1, 0.15) is 64.4 Å². The number of anilines is 2. The Kier molecular flexibility index (Phi) is 14.3. The van der Waals surface area contributed by atoms with Gasteiger partial charge in [-0.05, 0) is 68.6 Å². The number of amides is 4. The normalized spacial score (nSPS) is 14.8. The van der Waals surface area contributed by atoms with Gasteiger partial charge in [0.15, 0.2) is 0 Å². The van der Waals surface area contributed by atoms with Crippen molar-refractivity contribution in [3.8, 4) is 0 Å². The summed E-state index contributed by atoms with van der Waals surface area (Å²) in [5.41, 5.74) is 2.98. The van der Waals surface area contributed by atoms with E-state index in [0.717, 1.165) is 88.9 Å². The fourth-order valence-electron chi connectivity index (χ4n) is 6.06. The molecule has 1 heterocycles. The molecule has 4 amide bonds. The van der Waals surface area contributed by atoms with Crippen molar-refractivity contribution in [3.05, 3.63) is 96.6 Å². The number of carbonyl (C=O) groups is 2. The first kappa shape index (κ1) is 34.0. The molecular weight excluding hydrogens is 558 g/mol. The Balaban J connectivity index is 1.50. The van der Waals surface area contributed by atoms with Gasteiger partial charge in [0.1, 0.15) is 0 Å². The molecular formula is C38H53N5O2. The smallest absolute Gasteiger partial charge is 0.325 e. The zero-order valence-corrected chi connectivity index (χ0v) is 27.4. The minimum atomic E-state index is -0.0949. The van der Waals surface area contributed by atoms with Crippen LogP contribution < -0.4 is 10.2 Å². The van der Waals surface area contributed by atoms with Gasteiger partial charge in [0.25, 0.3) is 0 Å². The number of hydrogen-bond acceptors (Lipinski definition) is 3. The van der Waals surface area contributed by atoms with Crippen LogP contribution in [0, 0.1) is 0 Å². The summed E-state index contributed by atoms with van der Waals surface area (Å²) < 4.78 is 0. The zero-order chi connectivity index (χ0) is 31.7. The fraction of sp³-hybridized carbons (Fsp3) is 0.474. The summed E-state index contributed by atoms with van der Waals surface area (Å²) in [6, 6.07) is 30.2. The number of urea groups is 2. The molecule has 1 aliphatic heterocycles. The fourth-order valence-corrected chi connectivity index (χ4v) is 6.06. The number of hydrogen-bond donors (Lipinski definition) is 1. The Morgan fingerprint density at radius 1 is 0.711 bits per heavy atom. The topological polar surface area (TPSA) is 59.1 Å². The highest BCUT2D eigenvalue weighted by molar-refractivity contribution is 5.99. The van der Waals surface area contributed by atoms with E-state index >= 15 is 0 Å². The molecule has 0 unspecified atom stereocenters. The zero-order valence-electron chi connectivity index (χ0n) is 27.4. The van der Waals surface area contributed by atoms with Gasteiger partial charge in [-0.2, -0.15) is 0 Å². The summed E-state index contributed by atoms with van der Waals surface area (Å²) in [7, 11) is 0. The van der Waals surface area contributed by atoms with E-state index in [4.69, 9.17) is 0 Å². The van der Waals surface area contributed by atoms with Crippen molar-refractivity contribution in [2.24, 2.45) is 0 Å². The maximum Gasteiger partial charge on any atom is 0.329 e. The van der Waals surface area contributed by atoms with Crippen molar-refractivity contribution in [1.29, 1.82) is 0 Å². The Morgan fingerprint density at radius 2 is 1.27 bits per heavy atom. The van der Waals surface area contributed by atoms with Crippen LogP contribution in [0.3, 0.4) is 0 Å². The molecule has 1 saturated heterocycles. The van der Waals surface area contributed by atoms with Crippen molar-refractivity contribution >= 4 is 23.4 Å². The van der Waals surface area contributed by atoms with Crippen molar-refractivity contribution < 1.29 is 9.59 Å². The van der Waals surface area contributed by atoms with Crippen LogP contribution in [-0.2, 0) is 6.42 Å². The standard InChI is InChI=1S/C38H53N5O2/c1-3-5-16-28-40(29-17-6-4-2)37(44)41-30-31-42(36(32-41)25-27-39-26-24-33-18-10-7-11-19-33)38(45)43(34-20-12-8-13-21-34)35-22-14-9-15-23-35/h7-15,18-23,36,39H,3-6,16-17,24-32H2,1-2H3/t36-/m0/s1. The summed E-state index contributed by atoms with van der Waals surface area (Å²) in [6.07, 6.45) is 8.33. The quantitative estimate of drug-likeness (QED) is 0.167. The second-order valence-electron chi connectivity index (χ2n) is 12.0. The number of carbonyl (C=O) groups excluding carboxylic acids is 2. The number of piperazine rings is 1. The van der Waals surface area contributed by atoms with Gasteiger partial charge in [-0.25, -0.2) is 9.59 Å². The number of nitrogens with one attached hydrogen (secondary N) is 1. The number of nitrogens with zero attached hydrogens (tertiary/aromatic N) is 4. The lowest BCUT2D eigenvalue weighted by atomic mass is 10.1. The van der Waals surface area contributed by atoms with Gasteiger partial charge in [0.2, 0.25) is 0 Å². The second-order valence-corrected chi connectivity index (χ2v) is 12.0. The molecule has 1 atom stereocenters. The van der Waals surface area contributed by atoms with E-state index in [1.54, 1.807) is 0 Å². The first-order valence-corrected chi connectivity index (χ1v) is 17.1. The van der Waals surface area contributed by atoms with Crippen LogP contribution in [0.5, 0.6) is 0 Å². The Morgan fingerprint density at radius 3 is 1.82 bits per heavy atom. The summed E-state index contributed by atoms with van der Waals surface area (Å²) in [6.45, 7) is 9.24. The molecule has 45 heavy (non-hydrogen) atoms. The molecule has 0 bridgehead atoms. The molecule has 0 saturated carbocycles. The second kappa shape index (κ2) is 18.8. The molecule has 3 aromatic carbocycles. The molecule has 7 nitrogen and oxygen atoms in total. The number of benzene rings is 3. The SMILES string of the molecule is CCCCCN(CCCCC)C(=O)N1CCN(C(=O)N(c2ccccc2)c2ccccc2)[C@@H](CCNCCc2ccccc2)C1. The number of unbranched alkanes of at least 4 members (excludes halogenated alkanes) is 4. The number of para-hydroxylation sites is 2. The highest BCUT2D eigenvalue weighted by Crippen LogP contribution is 2.28. The van der Waals surface area contributed by atoms with Gasteiger partial charge < -0.3 is 20.0 Å². The predicted molar refractivity (Wildman–Crippen MR) is 186 cm³/mol. The molecule has 242 valence electrons. The molecule has 0 aromatic heterocycles. The van der Waals surface area contributed by atoms with Crippen molar-refractivity contribution in [1.82, 2.24) is 20.0 Å². The van der Waals surface area contributed by atoms with E-state index in [2.05, 4.69) is 48.3 Å². The van der Waals surface area contributed by atoms with E-state index in [1.165, 1.54) is 5.56 Å². The third-order valence-electron chi connectivity index (χ3n) is 8.64. The maximum atomic E-state index is 14.5. The predicted octanol–water partition coefficient (Wildman–Crippen LogP) is 7.96. The molecule has 1 fully saturated rings. The van der Waals surface area contributed by atoms with E-state index in [-0.39, 0.29) is 18.1 Å². The van der Waals surface area contributed by atoms with Gasteiger partial charge in [0, 0.05) is 32.7 Å². The van der Waals surface area contributed by atoms with Crippen LogP contribution in [-0.4, -0.2) is 78.6 Å². The van der Waals surface area contributed by atoms with Crippen molar-refractivity contribution in [3.63, 3.8) is 0 Å². The minimum absolute atomic E-state index is 0.0449. The van der Waals surface area contributed by atoms with Crippen molar-refractivity contribution in [2.75, 3.05) is 50.7 Å². The van der Waals surface area contributed by atoms with Gasteiger partial charge in [-0.1, -0.05) is 106 Å². The van der Waals surface area contributed by atoms with Crippen LogP contribution >= 0.6 is 0 Å². The highest BCUT2D eigenvalue weighted by Gasteiger charge is 2.36. The van der Waals surface area contributed by atoms with Gasteiger partial charge in [-0.15, -0.1) is 0 Å². The average Bonchev–Trinajstić information content (AvgIpc) is 3.08. The third kappa shape index (κ3) is 10.4. The lowest BCUT2D eigenvalue weighted by Gasteiger charge is -2.44. The Bertz CT molecular complexity index is 1210. The molecule has 0 radical (unpaired) electrons. The third-order valence-corrected chi connectivity index (χ3v) is 8.64. The van der Waals surface area contributed by atoms with Gasteiger partial charge in [0.05, 0.1) is 17.4 Å². The van der Waals surface area contributed by atoms with Crippen LogP contribution in [0.4, 0.5) is 21.0 Å². The first-order chi connectivity index (χ1) is 22.1. The molecule has 3 aromatic rings. The van der Waals surface area contributed by atoms with Crippen molar-refractivity contribution in [2.45, 2.75) is 71.3 Å². The molecule has 1 aliphatic rings. The molecule has 4 rings (SSSR count). The maximum absolute atomic E-state index is 14.5. The Hall–Kier alpha value is -3.84. The van der Waals surface area contributed by atoms with Crippen LogP contribution in [0.2, 0.25) is 0 Å². The molecule has 0 spiro atoms. The van der Waals surface area contributed by atoms with Crippen LogP contribution in [0.25, 0.3) is 0 Å². The van der Waals surface area contributed by atoms with Gasteiger partial charge >= 0.3 is 12.1 Å². The van der Waals surface area contributed by atoms with E-state index in [9.17, 15) is 9.59 Å². The number of rotatable bonds is 16. The summed E-state index contributed by atoms with van der Waals surface area (Å²) in [5, 5.41) is 3.60.